The maximum absolute atomic E-state index is 12.7. The zero-order valence-electron chi connectivity index (χ0n) is 12.5. The minimum atomic E-state index is -3.57. The summed E-state index contributed by atoms with van der Waals surface area (Å²) in [6.45, 7) is 4.96. The van der Waals surface area contributed by atoms with Crippen LogP contribution in [0.4, 0.5) is 0 Å². The van der Waals surface area contributed by atoms with E-state index < -0.39 is 10.0 Å². The fourth-order valence-corrected chi connectivity index (χ4v) is 3.77. The van der Waals surface area contributed by atoms with E-state index in [1.807, 2.05) is 0 Å². The van der Waals surface area contributed by atoms with Gasteiger partial charge in [-0.15, -0.1) is 0 Å². The van der Waals surface area contributed by atoms with Crippen LogP contribution in [0.25, 0.3) is 0 Å². The molecule has 0 bridgehead atoms. The molecule has 116 valence electrons. The van der Waals surface area contributed by atoms with Crippen molar-refractivity contribution >= 4 is 10.0 Å². The molecule has 0 aliphatic rings. The molecule has 1 N–H and O–H groups in total. The third-order valence-electron chi connectivity index (χ3n) is 2.96. The van der Waals surface area contributed by atoms with E-state index >= 15 is 0 Å². The molecule has 0 spiro atoms. The molecule has 0 amide bonds. The van der Waals surface area contributed by atoms with Crippen molar-refractivity contribution in [2.24, 2.45) is 0 Å². The van der Waals surface area contributed by atoms with Gasteiger partial charge in [0.25, 0.3) is 0 Å². The largest absolute Gasteiger partial charge is 0.385 e. The Balaban J connectivity index is 2.98. The number of hydrogen-bond donors (Lipinski definition) is 1. The van der Waals surface area contributed by atoms with Gasteiger partial charge in [-0.25, -0.2) is 8.42 Å². The summed E-state index contributed by atoms with van der Waals surface area (Å²) in [5, 5.41) is 6.66. The highest BCUT2D eigenvalue weighted by Gasteiger charge is 2.29. The standard InChI is InChI=1S/C12H23N3O4S/c1-10-12(11(2)14-13-10)20(16,17)15(7-9-19-4)6-5-8-18-3/h5-9H2,1-4H3,(H,13,14). The molecule has 0 aliphatic carbocycles. The van der Waals surface area contributed by atoms with E-state index in [2.05, 4.69) is 10.2 Å². The van der Waals surface area contributed by atoms with Gasteiger partial charge in [0.15, 0.2) is 0 Å². The van der Waals surface area contributed by atoms with Crippen molar-refractivity contribution in [2.75, 3.05) is 40.5 Å². The lowest BCUT2D eigenvalue weighted by Gasteiger charge is -2.21. The second-order valence-corrected chi connectivity index (χ2v) is 6.38. The minimum absolute atomic E-state index is 0.256. The van der Waals surface area contributed by atoms with Crippen molar-refractivity contribution < 1.29 is 17.9 Å². The number of aromatic amines is 1. The number of rotatable bonds is 9. The van der Waals surface area contributed by atoms with Gasteiger partial charge in [-0.05, 0) is 20.3 Å². The Morgan fingerprint density at radius 3 is 2.30 bits per heavy atom. The lowest BCUT2D eigenvalue weighted by atomic mass is 10.4. The van der Waals surface area contributed by atoms with E-state index in [0.717, 1.165) is 0 Å². The van der Waals surface area contributed by atoms with Crippen LogP contribution in [0, 0.1) is 13.8 Å². The smallest absolute Gasteiger partial charge is 0.246 e. The first-order valence-electron chi connectivity index (χ1n) is 6.44. The van der Waals surface area contributed by atoms with Crippen LogP contribution in [0.1, 0.15) is 17.8 Å². The number of nitrogens with zero attached hydrogens (tertiary/aromatic N) is 2. The van der Waals surface area contributed by atoms with Crippen LogP contribution in [0.15, 0.2) is 4.90 Å². The highest BCUT2D eigenvalue weighted by Crippen LogP contribution is 2.21. The summed E-state index contributed by atoms with van der Waals surface area (Å²) in [5.41, 5.74) is 1.04. The third kappa shape index (κ3) is 4.02. The van der Waals surface area contributed by atoms with E-state index in [4.69, 9.17) is 9.47 Å². The first-order valence-corrected chi connectivity index (χ1v) is 7.88. The quantitative estimate of drug-likeness (QED) is 0.679. The highest BCUT2D eigenvalue weighted by molar-refractivity contribution is 7.89. The Morgan fingerprint density at radius 1 is 1.15 bits per heavy atom. The zero-order valence-corrected chi connectivity index (χ0v) is 13.3. The first-order chi connectivity index (χ1) is 9.45. The summed E-state index contributed by atoms with van der Waals surface area (Å²) >= 11 is 0. The van der Waals surface area contributed by atoms with Gasteiger partial charge in [0.2, 0.25) is 10.0 Å². The van der Waals surface area contributed by atoms with Crippen LogP contribution in [-0.2, 0) is 19.5 Å². The van der Waals surface area contributed by atoms with Gasteiger partial charge in [-0.3, -0.25) is 5.10 Å². The molecule has 1 aromatic heterocycles. The van der Waals surface area contributed by atoms with Crippen molar-refractivity contribution in [2.45, 2.75) is 25.2 Å². The predicted octanol–water partition coefficient (Wildman–Crippen LogP) is 0.700. The number of H-pyrrole nitrogens is 1. The summed E-state index contributed by atoms with van der Waals surface area (Å²) < 4.78 is 36.8. The Labute approximate surface area is 120 Å². The van der Waals surface area contributed by atoms with Crippen molar-refractivity contribution in [1.29, 1.82) is 0 Å². The van der Waals surface area contributed by atoms with Gasteiger partial charge >= 0.3 is 0 Å². The average Bonchev–Trinajstić information content (AvgIpc) is 2.73. The fraction of sp³-hybridized carbons (Fsp3) is 0.750. The molecule has 0 saturated heterocycles. The van der Waals surface area contributed by atoms with E-state index in [1.54, 1.807) is 28.1 Å². The lowest BCUT2D eigenvalue weighted by molar-refractivity contribution is 0.164. The monoisotopic (exact) mass is 305 g/mol. The maximum Gasteiger partial charge on any atom is 0.246 e. The molecule has 1 heterocycles. The Morgan fingerprint density at radius 2 is 1.80 bits per heavy atom. The number of sulfonamides is 1. The topological polar surface area (TPSA) is 84.5 Å². The molecule has 20 heavy (non-hydrogen) atoms. The molecule has 7 nitrogen and oxygen atoms in total. The van der Waals surface area contributed by atoms with Crippen molar-refractivity contribution in [3.63, 3.8) is 0 Å². The van der Waals surface area contributed by atoms with Gasteiger partial charge in [-0.2, -0.15) is 9.40 Å². The maximum atomic E-state index is 12.7. The van der Waals surface area contributed by atoms with E-state index in [1.165, 1.54) is 4.31 Å². The average molecular weight is 305 g/mol. The molecule has 0 unspecified atom stereocenters. The van der Waals surface area contributed by atoms with Crippen LogP contribution in [0.2, 0.25) is 0 Å². The summed E-state index contributed by atoms with van der Waals surface area (Å²) in [6.07, 6.45) is 0.634. The summed E-state index contributed by atoms with van der Waals surface area (Å²) in [4.78, 5) is 0.256. The van der Waals surface area contributed by atoms with Crippen LogP contribution in [0.5, 0.6) is 0 Å². The molecule has 0 saturated carbocycles. The molecular weight excluding hydrogens is 282 g/mol. The highest BCUT2D eigenvalue weighted by atomic mass is 32.2. The molecule has 0 aromatic carbocycles. The van der Waals surface area contributed by atoms with Gasteiger partial charge in [0, 0.05) is 33.9 Å². The molecule has 1 aromatic rings. The normalized spacial score (nSPS) is 12.2. The van der Waals surface area contributed by atoms with Gasteiger partial charge in [0.1, 0.15) is 4.90 Å². The minimum Gasteiger partial charge on any atom is -0.385 e. The fourth-order valence-electron chi connectivity index (χ4n) is 1.98. The number of hydrogen-bond acceptors (Lipinski definition) is 5. The van der Waals surface area contributed by atoms with Crippen LogP contribution in [-0.4, -0.2) is 63.4 Å². The Kier molecular flexibility index (Phi) is 6.60. The number of aryl methyl sites for hydroxylation is 2. The molecule has 0 fully saturated rings. The number of nitrogens with one attached hydrogen (secondary N) is 1. The van der Waals surface area contributed by atoms with Gasteiger partial charge in [-0.1, -0.05) is 0 Å². The zero-order chi connectivity index (χ0) is 15.2. The van der Waals surface area contributed by atoms with E-state index in [9.17, 15) is 8.42 Å². The number of aromatic nitrogens is 2. The van der Waals surface area contributed by atoms with Gasteiger partial charge < -0.3 is 9.47 Å². The summed E-state index contributed by atoms with van der Waals surface area (Å²) in [6, 6.07) is 0. The Bertz CT molecular complexity index is 493. The Hall–Kier alpha value is -0.960. The lowest BCUT2D eigenvalue weighted by Crippen LogP contribution is -2.35. The van der Waals surface area contributed by atoms with Gasteiger partial charge in [0.05, 0.1) is 18.0 Å². The van der Waals surface area contributed by atoms with Crippen LogP contribution >= 0.6 is 0 Å². The van der Waals surface area contributed by atoms with Crippen LogP contribution < -0.4 is 0 Å². The predicted molar refractivity (Wildman–Crippen MR) is 75.2 cm³/mol. The number of methoxy groups -OCH3 is 2. The summed E-state index contributed by atoms with van der Waals surface area (Å²) in [5.74, 6) is 0. The molecule has 0 aliphatic heterocycles. The molecule has 1 rings (SSSR count). The second-order valence-electron chi connectivity index (χ2n) is 4.51. The molecule has 0 atom stereocenters. The molecular formula is C12H23N3O4S. The molecule has 0 radical (unpaired) electrons. The van der Waals surface area contributed by atoms with Crippen molar-refractivity contribution in [3.8, 4) is 0 Å². The molecule has 8 heteroatoms. The van der Waals surface area contributed by atoms with Crippen molar-refractivity contribution in [3.05, 3.63) is 11.4 Å². The van der Waals surface area contributed by atoms with Crippen LogP contribution in [0.3, 0.4) is 0 Å². The van der Waals surface area contributed by atoms with E-state index in [-0.39, 0.29) is 4.90 Å². The van der Waals surface area contributed by atoms with E-state index in [0.29, 0.717) is 44.1 Å². The SMILES string of the molecule is COCCCN(CCOC)S(=O)(=O)c1c(C)n[nH]c1C. The van der Waals surface area contributed by atoms with Crippen molar-refractivity contribution in [1.82, 2.24) is 14.5 Å². The number of ether oxygens (including phenoxy) is 2. The second kappa shape index (κ2) is 7.72. The third-order valence-corrected chi connectivity index (χ3v) is 5.12. The summed E-state index contributed by atoms with van der Waals surface area (Å²) in [7, 11) is -0.422. The first kappa shape index (κ1) is 17.1.